The van der Waals surface area contributed by atoms with E-state index in [0.29, 0.717) is 0 Å². The van der Waals surface area contributed by atoms with Gasteiger partial charge in [0.2, 0.25) is 0 Å². The van der Waals surface area contributed by atoms with E-state index in [1.165, 1.54) is 5.56 Å². The molecule has 0 radical (unpaired) electrons. The fourth-order valence-electron chi connectivity index (χ4n) is 3.36. The fourth-order valence-corrected chi connectivity index (χ4v) is 3.62. The van der Waals surface area contributed by atoms with Crippen molar-refractivity contribution >= 4 is 37.7 Å². The summed E-state index contributed by atoms with van der Waals surface area (Å²) >= 11 is 3.49. The van der Waals surface area contributed by atoms with Crippen LogP contribution >= 0.6 is 15.9 Å². The number of benzene rings is 3. The van der Waals surface area contributed by atoms with Crippen molar-refractivity contribution in [1.82, 2.24) is 10.1 Å². The van der Waals surface area contributed by atoms with Crippen molar-refractivity contribution in [1.29, 1.82) is 0 Å². The Hall–Kier alpha value is -2.98. The summed E-state index contributed by atoms with van der Waals surface area (Å²) in [5.74, 6) is 0.742. The number of aryl methyl sites for hydroxylation is 1. The summed E-state index contributed by atoms with van der Waals surface area (Å²) in [5.41, 5.74) is 5.89. The van der Waals surface area contributed by atoms with E-state index in [2.05, 4.69) is 52.3 Å². The lowest BCUT2D eigenvalue weighted by atomic mass is 10.00. The van der Waals surface area contributed by atoms with Crippen LogP contribution in [0.4, 0.5) is 0 Å². The zero-order chi connectivity index (χ0) is 18.4. The summed E-state index contributed by atoms with van der Waals surface area (Å²) in [6, 6.07) is 24.5. The first kappa shape index (κ1) is 16.2. The molecule has 0 unspecified atom stereocenters. The van der Waals surface area contributed by atoms with Gasteiger partial charge in [0.05, 0.1) is 16.6 Å². The maximum atomic E-state index is 5.83. The first-order chi connectivity index (χ1) is 13.2. The molecular weight excluding hydrogens is 400 g/mol. The molecule has 0 saturated carbocycles. The molecule has 2 heterocycles. The molecular formula is C23H15BrN2O. The summed E-state index contributed by atoms with van der Waals surface area (Å²) < 4.78 is 6.86. The van der Waals surface area contributed by atoms with Crippen LogP contribution in [0.1, 0.15) is 5.56 Å². The number of rotatable bonds is 2. The monoisotopic (exact) mass is 414 g/mol. The van der Waals surface area contributed by atoms with Crippen molar-refractivity contribution in [3.8, 4) is 22.6 Å². The highest BCUT2D eigenvalue weighted by atomic mass is 79.9. The minimum Gasteiger partial charge on any atom is -0.355 e. The Balaban J connectivity index is 1.89. The van der Waals surface area contributed by atoms with E-state index in [1.807, 2.05) is 48.5 Å². The molecule has 0 aliphatic rings. The average Bonchev–Trinajstić information content (AvgIpc) is 3.14. The first-order valence-corrected chi connectivity index (χ1v) is 9.51. The molecule has 0 fully saturated rings. The molecule has 0 spiro atoms. The Morgan fingerprint density at radius 3 is 2.30 bits per heavy atom. The number of para-hydroxylation sites is 1. The molecule has 0 bridgehead atoms. The van der Waals surface area contributed by atoms with Gasteiger partial charge in [-0.05, 0) is 37.3 Å². The molecule has 5 aromatic rings. The standard InChI is InChI=1S/C23H15BrN2O/c1-14-6-8-15(9-7-14)21-20-22(18-4-2-3-5-19(18)25-21)26-27-23(20)16-10-12-17(24)13-11-16/h2-13H,1H3. The normalized spacial score (nSPS) is 11.3. The first-order valence-electron chi connectivity index (χ1n) is 8.72. The Kier molecular flexibility index (Phi) is 3.80. The van der Waals surface area contributed by atoms with E-state index in [9.17, 15) is 0 Å². The third-order valence-electron chi connectivity index (χ3n) is 4.75. The molecule has 3 nitrogen and oxygen atoms in total. The van der Waals surface area contributed by atoms with Crippen molar-refractivity contribution in [2.24, 2.45) is 0 Å². The highest BCUT2D eigenvalue weighted by Crippen LogP contribution is 2.38. The Bertz CT molecular complexity index is 1270. The SMILES string of the molecule is Cc1ccc(-c2nc3ccccc3c3noc(-c4ccc(Br)cc4)c23)cc1. The summed E-state index contributed by atoms with van der Waals surface area (Å²) in [6.45, 7) is 2.08. The van der Waals surface area contributed by atoms with Gasteiger partial charge in [-0.25, -0.2) is 4.98 Å². The molecule has 0 aliphatic heterocycles. The number of pyridine rings is 1. The average molecular weight is 415 g/mol. The van der Waals surface area contributed by atoms with Crippen LogP contribution in [0.15, 0.2) is 81.8 Å². The van der Waals surface area contributed by atoms with Crippen molar-refractivity contribution in [2.75, 3.05) is 0 Å². The fraction of sp³-hybridized carbons (Fsp3) is 0.0435. The van der Waals surface area contributed by atoms with Crippen LogP contribution < -0.4 is 0 Å². The van der Waals surface area contributed by atoms with Crippen LogP contribution in [0.3, 0.4) is 0 Å². The van der Waals surface area contributed by atoms with E-state index in [1.54, 1.807) is 0 Å². The number of hydrogen-bond acceptors (Lipinski definition) is 3. The van der Waals surface area contributed by atoms with E-state index in [-0.39, 0.29) is 0 Å². The van der Waals surface area contributed by atoms with Crippen LogP contribution in [0.2, 0.25) is 0 Å². The van der Waals surface area contributed by atoms with Crippen LogP contribution in [0.25, 0.3) is 44.4 Å². The minimum absolute atomic E-state index is 0.742. The van der Waals surface area contributed by atoms with Gasteiger partial charge in [-0.15, -0.1) is 0 Å². The van der Waals surface area contributed by atoms with E-state index in [0.717, 1.165) is 48.9 Å². The zero-order valence-electron chi connectivity index (χ0n) is 14.6. The van der Waals surface area contributed by atoms with Crippen molar-refractivity contribution in [3.05, 3.63) is 82.8 Å². The summed E-state index contributed by atoms with van der Waals surface area (Å²) in [7, 11) is 0. The molecule has 0 saturated heterocycles. The summed E-state index contributed by atoms with van der Waals surface area (Å²) in [5, 5.41) is 6.36. The van der Waals surface area contributed by atoms with Gasteiger partial charge in [0.15, 0.2) is 5.76 Å². The third kappa shape index (κ3) is 2.73. The van der Waals surface area contributed by atoms with Gasteiger partial charge in [-0.1, -0.05) is 69.1 Å². The second-order valence-electron chi connectivity index (χ2n) is 6.59. The molecule has 0 aliphatic carbocycles. The van der Waals surface area contributed by atoms with Gasteiger partial charge >= 0.3 is 0 Å². The number of nitrogens with zero attached hydrogens (tertiary/aromatic N) is 2. The zero-order valence-corrected chi connectivity index (χ0v) is 16.2. The van der Waals surface area contributed by atoms with Gasteiger partial charge in [0.25, 0.3) is 0 Å². The molecule has 0 N–H and O–H groups in total. The lowest BCUT2D eigenvalue weighted by Crippen LogP contribution is -1.89. The molecule has 5 rings (SSSR count). The Morgan fingerprint density at radius 2 is 1.52 bits per heavy atom. The summed E-state index contributed by atoms with van der Waals surface area (Å²) in [4.78, 5) is 4.97. The predicted octanol–water partition coefficient (Wildman–Crippen LogP) is 6.78. The lowest BCUT2D eigenvalue weighted by molar-refractivity contribution is 0.441. The summed E-state index contributed by atoms with van der Waals surface area (Å²) in [6.07, 6.45) is 0. The maximum Gasteiger partial charge on any atom is 0.176 e. The number of fused-ring (bicyclic) bond motifs is 3. The van der Waals surface area contributed by atoms with E-state index >= 15 is 0 Å². The van der Waals surface area contributed by atoms with E-state index < -0.39 is 0 Å². The number of aromatic nitrogens is 2. The highest BCUT2D eigenvalue weighted by Gasteiger charge is 2.20. The predicted molar refractivity (Wildman–Crippen MR) is 113 cm³/mol. The number of halogens is 1. The quantitative estimate of drug-likeness (QED) is 0.319. The molecule has 4 heteroatoms. The number of hydrogen-bond donors (Lipinski definition) is 0. The van der Waals surface area contributed by atoms with Crippen LogP contribution in [-0.4, -0.2) is 10.1 Å². The molecule has 130 valence electrons. The maximum absolute atomic E-state index is 5.83. The molecule has 0 amide bonds. The molecule has 2 aromatic heterocycles. The smallest absolute Gasteiger partial charge is 0.176 e. The minimum atomic E-state index is 0.742. The van der Waals surface area contributed by atoms with Gasteiger partial charge in [-0.2, -0.15) is 0 Å². The van der Waals surface area contributed by atoms with Crippen molar-refractivity contribution in [3.63, 3.8) is 0 Å². The van der Waals surface area contributed by atoms with Crippen molar-refractivity contribution in [2.45, 2.75) is 6.92 Å². The topological polar surface area (TPSA) is 38.9 Å². The van der Waals surface area contributed by atoms with Gasteiger partial charge < -0.3 is 4.52 Å². The van der Waals surface area contributed by atoms with Crippen LogP contribution in [0, 0.1) is 6.92 Å². The van der Waals surface area contributed by atoms with Crippen molar-refractivity contribution < 1.29 is 4.52 Å². The molecule has 3 aromatic carbocycles. The molecule has 0 atom stereocenters. The Labute approximate surface area is 164 Å². The van der Waals surface area contributed by atoms with Gasteiger partial charge in [-0.3, -0.25) is 0 Å². The molecule has 27 heavy (non-hydrogen) atoms. The van der Waals surface area contributed by atoms with Crippen LogP contribution in [0.5, 0.6) is 0 Å². The van der Waals surface area contributed by atoms with Gasteiger partial charge in [0.1, 0.15) is 5.52 Å². The second-order valence-corrected chi connectivity index (χ2v) is 7.50. The van der Waals surface area contributed by atoms with Crippen LogP contribution in [-0.2, 0) is 0 Å². The lowest BCUT2D eigenvalue weighted by Gasteiger charge is -2.07. The second kappa shape index (κ2) is 6.32. The Morgan fingerprint density at radius 1 is 0.815 bits per heavy atom. The highest BCUT2D eigenvalue weighted by molar-refractivity contribution is 9.10. The van der Waals surface area contributed by atoms with Gasteiger partial charge in [0, 0.05) is 21.0 Å². The van der Waals surface area contributed by atoms with E-state index in [4.69, 9.17) is 9.51 Å². The third-order valence-corrected chi connectivity index (χ3v) is 5.28. The largest absolute Gasteiger partial charge is 0.355 e.